The Balaban J connectivity index is 2.47. The van der Waals surface area contributed by atoms with E-state index in [0.717, 1.165) is 25.7 Å². The fourth-order valence-corrected chi connectivity index (χ4v) is 1.60. The van der Waals surface area contributed by atoms with Gasteiger partial charge in [-0.3, -0.25) is 0 Å². The summed E-state index contributed by atoms with van der Waals surface area (Å²) in [6, 6.07) is 0. The molecule has 0 bridgehead atoms. The lowest BCUT2D eigenvalue weighted by Gasteiger charge is -2.46. The molecule has 0 atom stereocenters. The molecule has 1 heterocycles. The second-order valence-electron chi connectivity index (χ2n) is 4.25. The smallest absolute Gasteiger partial charge is 0.0559 e. The first-order valence-electron chi connectivity index (χ1n) is 4.29. The topological polar surface area (TPSA) is 12.5 Å². The molecule has 0 unspecified atom stereocenters. The van der Waals surface area contributed by atoms with Gasteiger partial charge in [0, 0.05) is 12.0 Å². The molecule has 1 fully saturated rings. The molecule has 0 aromatic carbocycles. The van der Waals surface area contributed by atoms with Crippen molar-refractivity contribution in [2.45, 2.75) is 13.8 Å². The molecule has 0 aromatic heterocycles. The Labute approximate surface area is 69.5 Å². The summed E-state index contributed by atoms with van der Waals surface area (Å²) in [5.41, 5.74) is 0.448. The summed E-state index contributed by atoms with van der Waals surface area (Å²) in [5.74, 6) is 0.735. The summed E-state index contributed by atoms with van der Waals surface area (Å²) in [6.07, 6.45) is 0. The quantitative estimate of drug-likeness (QED) is 0.611. The van der Waals surface area contributed by atoms with Gasteiger partial charge in [-0.1, -0.05) is 13.8 Å². The molecule has 2 heteroatoms. The third-order valence-corrected chi connectivity index (χ3v) is 2.63. The Morgan fingerprint density at radius 3 is 2.00 bits per heavy atom. The number of hydrogen-bond donors (Lipinski definition) is 0. The van der Waals surface area contributed by atoms with Crippen LogP contribution in [0.5, 0.6) is 0 Å². The normalized spacial score (nSPS) is 22.4. The van der Waals surface area contributed by atoms with Crippen LogP contribution in [0.25, 0.3) is 0 Å². The molecule has 2 nitrogen and oxygen atoms in total. The van der Waals surface area contributed by atoms with Crippen molar-refractivity contribution >= 4 is 0 Å². The zero-order valence-corrected chi connectivity index (χ0v) is 8.05. The van der Waals surface area contributed by atoms with E-state index in [-0.39, 0.29) is 0 Å². The minimum absolute atomic E-state index is 0.448. The van der Waals surface area contributed by atoms with E-state index in [2.05, 4.69) is 32.8 Å². The van der Waals surface area contributed by atoms with Crippen LogP contribution in [0.1, 0.15) is 13.8 Å². The SMILES string of the molecule is CC(C)C1(CN(C)C)COC1. The third kappa shape index (κ3) is 1.74. The van der Waals surface area contributed by atoms with Crippen LogP contribution in [0.3, 0.4) is 0 Å². The van der Waals surface area contributed by atoms with E-state index in [9.17, 15) is 0 Å². The Bertz CT molecular complexity index is 128. The minimum atomic E-state index is 0.448. The van der Waals surface area contributed by atoms with Crippen LogP contribution < -0.4 is 0 Å². The van der Waals surface area contributed by atoms with Crippen molar-refractivity contribution in [3.8, 4) is 0 Å². The van der Waals surface area contributed by atoms with Gasteiger partial charge in [-0.15, -0.1) is 0 Å². The second-order valence-corrected chi connectivity index (χ2v) is 4.25. The van der Waals surface area contributed by atoms with Gasteiger partial charge in [0.1, 0.15) is 0 Å². The monoisotopic (exact) mass is 157 g/mol. The molecule has 1 saturated heterocycles. The summed E-state index contributed by atoms with van der Waals surface area (Å²) in [5, 5.41) is 0. The van der Waals surface area contributed by atoms with Gasteiger partial charge in [0.2, 0.25) is 0 Å². The van der Waals surface area contributed by atoms with E-state index >= 15 is 0 Å². The largest absolute Gasteiger partial charge is 0.380 e. The standard InChI is InChI=1S/C9H19NO/c1-8(2)9(5-10(3)4)6-11-7-9/h8H,5-7H2,1-4H3. The summed E-state index contributed by atoms with van der Waals surface area (Å²) >= 11 is 0. The molecule has 1 aliphatic rings. The second kappa shape index (κ2) is 3.11. The van der Waals surface area contributed by atoms with Crippen LogP contribution in [0.2, 0.25) is 0 Å². The fourth-order valence-electron chi connectivity index (χ4n) is 1.60. The highest BCUT2D eigenvalue weighted by Gasteiger charge is 2.41. The predicted octanol–water partition coefficient (Wildman–Crippen LogP) is 1.22. The average molecular weight is 157 g/mol. The Kier molecular flexibility index (Phi) is 2.55. The van der Waals surface area contributed by atoms with Crippen molar-refractivity contribution in [1.82, 2.24) is 4.90 Å². The molecule has 0 amide bonds. The molecule has 0 spiro atoms. The van der Waals surface area contributed by atoms with Crippen LogP contribution in [0.4, 0.5) is 0 Å². The lowest BCUT2D eigenvalue weighted by molar-refractivity contribution is -0.147. The van der Waals surface area contributed by atoms with Crippen molar-refractivity contribution in [3.05, 3.63) is 0 Å². The van der Waals surface area contributed by atoms with Crippen LogP contribution >= 0.6 is 0 Å². The average Bonchev–Trinajstić information content (AvgIpc) is 1.77. The highest BCUT2D eigenvalue weighted by atomic mass is 16.5. The van der Waals surface area contributed by atoms with Gasteiger partial charge in [0.05, 0.1) is 13.2 Å². The van der Waals surface area contributed by atoms with E-state index in [1.165, 1.54) is 0 Å². The summed E-state index contributed by atoms with van der Waals surface area (Å²) in [4.78, 5) is 2.25. The third-order valence-electron chi connectivity index (χ3n) is 2.63. The molecule has 0 aromatic rings. The Hall–Kier alpha value is -0.0800. The molecule has 0 aliphatic carbocycles. The predicted molar refractivity (Wildman–Crippen MR) is 46.6 cm³/mol. The van der Waals surface area contributed by atoms with Crippen molar-refractivity contribution in [2.24, 2.45) is 11.3 Å². The first-order valence-corrected chi connectivity index (χ1v) is 4.29. The van der Waals surface area contributed by atoms with Crippen molar-refractivity contribution in [3.63, 3.8) is 0 Å². The molecular formula is C9H19NO. The number of nitrogens with zero attached hydrogens (tertiary/aromatic N) is 1. The maximum Gasteiger partial charge on any atom is 0.0559 e. The van der Waals surface area contributed by atoms with E-state index < -0.39 is 0 Å². The fraction of sp³-hybridized carbons (Fsp3) is 1.00. The van der Waals surface area contributed by atoms with Gasteiger partial charge in [0.25, 0.3) is 0 Å². The van der Waals surface area contributed by atoms with Gasteiger partial charge in [-0.2, -0.15) is 0 Å². The first-order chi connectivity index (χ1) is 5.07. The van der Waals surface area contributed by atoms with E-state index in [1.54, 1.807) is 0 Å². The molecule has 0 saturated carbocycles. The van der Waals surface area contributed by atoms with Crippen molar-refractivity contribution in [1.29, 1.82) is 0 Å². The van der Waals surface area contributed by atoms with Gasteiger partial charge in [0.15, 0.2) is 0 Å². The van der Waals surface area contributed by atoms with Crippen molar-refractivity contribution < 1.29 is 4.74 Å². The molecule has 0 N–H and O–H groups in total. The summed E-state index contributed by atoms with van der Waals surface area (Å²) in [6.45, 7) is 7.62. The van der Waals surface area contributed by atoms with Crippen molar-refractivity contribution in [2.75, 3.05) is 33.9 Å². The van der Waals surface area contributed by atoms with Crippen LogP contribution in [-0.2, 0) is 4.74 Å². The Morgan fingerprint density at radius 2 is 1.91 bits per heavy atom. The zero-order valence-electron chi connectivity index (χ0n) is 8.05. The number of hydrogen-bond acceptors (Lipinski definition) is 2. The molecular weight excluding hydrogens is 138 g/mol. The maximum atomic E-state index is 5.27. The van der Waals surface area contributed by atoms with E-state index in [4.69, 9.17) is 4.74 Å². The van der Waals surface area contributed by atoms with E-state index in [0.29, 0.717) is 5.41 Å². The van der Waals surface area contributed by atoms with Gasteiger partial charge < -0.3 is 9.64 Å². The van der Waals surface area contributed by atoms with Crippen LogP contribution in [0, 0.1) is 11.3 Å². The zero-order chi connectivity index (χ0) is 8.48. The molecule has 1 aliphatic heterocycles. The van der Waals surface area contributed by atoms with Gasteiger partial charge in [-0.05, 0) is 20.0 Å². The number of rotatable bonds is 3. The maximum absolute atomic E-state index is 5.27. The highest BCUT2D eigenvalue weighted by Crippen LogP contribution is 2.35. The first kappa shape index (κ1) is 9.01. The molecule has 0 radical (unpaired) electrons. The van der Waals surface area contributed by atoms with Crippen LogP contribution in [-0.4, -0.2) is 38.8 Å². The van der Waals surface area contributed by atoms with Gasteiger partial charge >= 0.3 is 0 Å². The van der Waals surface area contributed by atoms with E-state index in [1.807, 2.05) is 0 Å². The Morgan fingerprint density at radius 1 is 1.36 bits per heavy atom. The summed E-state index contributed by atoms with van der Waals surface area (Å²) < 4.78 is 5.27. The molecule has 66 valence electrons. The lowest BCUT2D eigenvalue weighted by atomic mass is 9.75. The lowest BCUT2D eigenvalue weighted by Crippen LogP contribution is -2.52. The minimum Gasteiger partial charge on any atom is -0.380 e. The summed E-state index contributed by atoms with van der Waals surface area (Å²) in [7, 11) is 4.25. The van der Waals surface area contributed by atoms with Crippen LogP contribution in [0.15, 0.2) is 0 Å². The van der Waals surface area contributed by atoms with Gasteiger partial charge in [-0.25, -0.2) is 0 Å². The highest BCUT2D eigenvalue weighted by molar-refractivity contribution is 4.90. The number of ether oxygens (including phenoxy) is 1. The molecule has 11 heavy (non-hydrogen) atoms. The molecule has 1 rings (SSSR count).